The van der Waals surface area contributed by atoms with Crippen LogP contribution in [0, 0.1) is 5.92 Å². The molecule has 1 aliphatic heterocycles. The van der Waals surface area contributed by atoms with Gasteiger partial charge in [0.1, 0.15) is 0 Å². The zero-order chi connectivity index (χ0) is 10.2. The van der Waals surface area contributed by atoms with Gasteiger partial charge in [0, 0.05) is 12.3 Å². The fourth-order valence-corrected chi connectivity index (χ4v) is 2.07. The lowest BCUT2D eigenvalue weighted by molar-refractivity contribution is -0.184. The van der Waals surface area contributed by atoms with Gasteiger partial charge in [-0.2, -0.15) is 0 Å². The number of hydrogen-bond donors (Lipinski definition) is 0. The van der Waals surface area contributed by atoms with Crippen LogP contribution in [0.25, 0.3) is 0 Å². The second-order valence-electron chi connectivity index (χ2n) is 4.16. The lowest BCUT2D eigenvalue weighted by Gasteiger charge is -2.33. The Labute approximate surface area is 84.1 Å². The van der Waals surface area contributed by atoms with Gasteiger partial charge in [0.05, 0.1) is 13.2 Å². The highest BCUT2D eigenvalue weighted by Crippen LogP contribution is 2.35. The normalized spacial score (nSPS) is 31.7. The van der Waals surface area contributed by atoms with E-state index in [1.165, 1.54) is 0 Å². The Morgan fingerprint density at radius 3 is 2.64 bits per heavy atom. The fourth-order valence-electron chi connectivity index (χ4n) is 2.07. The second kappa shape index (κ2) is 3.48. The molecule has 0 saturated carbocycles. The first-order valence-corrected chi connectivity index (χ1v) is 5.10. The van der Waals surface area contributed by atoms with Crippen LogP contribution in [0.4, 0.5) is 0 Å². The number of carbonyl (C=O) groups excluding carboxylic acids is 1. The minimum absolute atomic E-state index is 0.182. The molecule has 78 valence electrons. The van der Waals surface area contributed by atoms with Crippen molar-refractivity contribution in [1.29, 1.82) is 0 Å². The molecular weight excluding hydrogens is 180 g/mol. The minimum Gasteiger partial charge on any atom is -0.348 e. The molecule has 0 amide bonds. The van der Waals surface area contributed by atoms with Crippen LogP contribution in [0.5, 0.6) is 0 Å². The average molecular weight is 196 g/mol. The fraction of sp³-hybridized carbons (Fsp3) is 0.727. The third-order valence-electron chi connectivity index (χ3n) is 3.18. The summed E-state index contributed by atoms with van der Waals surface area (Å²) in [6.45, 7) is 5.09. The Hall–Kier alpha value is -0.670. The van der Waals surface area contributed by atoms with Crippen molar-refractivity contribution in [3.8, 4) is 0 Å². The van der Waals surface area contributed by atoms with Gasteiger partial charge in [-0.25, -0.2) is 0 Å². The number of carbonyl (C=O) groups is 1. The Balaban J connectivity index is 2.10. The quantitative estimate of drug-likeness (QED) is 0.640. The van der Waals surface area contributed by atoms with Gasteiger partial charge in [0.15, 0.2) is 11.6 Å². The summed E-state index contributed by atoms with van der Waals surface area (Å²) in [5.41, 5.74) is 0.878. The van der Waals surface area contributed by atoms with Crippen LogP contribution >= 0.6 is 0 Å². The topological polar surface area (TPSA) is 35.5 Å². The molecule has 0 aromatic carbocycles. The molecule has 0 aromatic heterocycles. The maximum absolute atomic E-state index is 11.5. The van der Waals surface area contributed by atoms with Gasteiger partial charge < -0.3 is 9.47 Å². The maximum Gasteiger partial charge on any atom is 0.169 e. The molecule has 0 N–H and O–H groups in total. The predicted molar refractivity (Wildman–Crippen MR) is 51.8 cm³/mol. The Morgan fingerprint density at radius 2 is 2.07 bits per heavy atom. The van der Waals surface area contributed by atoms with Gasteiger partial charge in [-0.15, -0.1) is 0 Å². The summed E-state index contributed by atoms with van der Waals surface area (Å²) in [7, 11) is 0. The van der Waals surface area contributed by atoms with Gasteiger partial charge in [0.25, 0.3) is 0 Å². The van der Waals surface area contributed by atoms with E-state index in [1.54, 1.807) is 0 Å². The summed E-state index contributed by atoms with van der Waals surface area (Å²) >= 11 is 0. The summed E-state index contributed by atoms with van der Waals surface area (Å²) in [6, 6.07) is 0. The average Bonchev–Trinajstić information content (AvgIpc) is 2.58. The van der Waals surface area contributed by atoms with E-state index in [1.807, 2.05) is 19.9 Å². The molecule has 1 heterocycles. The summed E-state index contributed by atoms with van der Waals surface area (Å²) in [5, 5.41) is 0. The van der Waals surface area contributed by atoms with Crippen LogP contribution in [0.1, 0.15) is 26.7 Å². The number of Topliss-reactive ketones (excluding diaryl/α,β-unsaturated/α-hetero) is 1. The van der Waals surface area contributed by atoms with Crippen molar-refractivity contribution in [2.45, 2.75) is 32.5 Å². The number of ketones is 1. The predicted octanol–water partition coefficient (Wildman–Crippen LogP) is 1.67. The monoisotopic (exact) mass is 196 g/mol. The van der Waals surface area contributed by atoms with Crippen molar-refractivity contribution >= 4 is 5.78 Å². The lowest BCUT2D eigenvalue weighted by Crippen LogP contribution is -2.38. The molecule has 0 radical (unpaired) electrons. The van der Waals surface area contributed by atoms with E-state index >= 15 is 0 Å². The van der Waals surface area contributed by atoms with Crippen LogP contribution in [0.3, 0.4) is 0 Å². The van der Waals surface area contributed by atoms with E-state index in [2.05, 4.69) is 0 Å². The third-order valence-corrected chi connectivity index (χ3v) is 3.18. The smallest absolute Gasteiger partial charge is 0.169 e. The zero-order valence-corrected chi connectivity index (χ0v) is 8.71. The number of hydrogen-bond acceptors (Lipinski definition) is 3. The number of ether oxygens (including phenoxy) is 2. The molecule has 3 nitrogen and oxygen atoms in total. The lowest BCUT2D eigenvalue weighted by atomic mass is 9.84. The van der Waals surface area contributed by atoms with E-state index in [4.69, 9.17) is 9.47 Å². The molecule has 1 atom stereocenters. The highest BCUT2D eigenvalue weighted by molar-refractivity contribution is 5.95. The van der Waals surface area contributed by atoms with E-state index in [9.17, 15) is 4.79 Å². The first-order chi connectivity index (χ1) is 6.62. The molecule has 1 aliphatic carbocycles. The van der Waals surface area contributed by atoms with Crippen molar-refractivity contribution < 1.29 is 14.3 Å². The molecule has 1 fully saturated rings. The summed E-state index contributed by atoms with van der Waals surface area (Å²) < 4.78 is 11.1. The Morgan fingerprint density at radius 1 is 1.43 bits per heavy atom. The highest BCUT2D eigenvalue weighted by Gasteiger charge is 2.41. The highest BCUT2D eigenvalue weighted by atomic mass is 16.7. The van der Waals surface area contributed by atoms with Crippen LogP contribution in [0.15, 0.2) is 11.6 Å². The summed E-state index contributed by atoms with van der Waals surface area (Å²) in [4.78, 5) is 11.5. The van der Waals surface area contributed by atoms with Crippen molar-refractivity contribution in [1.82, 2.24) is 0 Å². The molecule has 0 bridgehead atoms. The maximum atomic E-state index is 11.5. The Bertz CT molecular complexity index is 274. The standard InChI is InChI=1S/C11H16O3/c1-8-3-4-9(7-10(8)12)11(2)13-5-6-14-11/h3,9H,4-7H2,1-2H3/t9-/m1/s1. The Kier molecular flexibility index (Phi) is 2.45. The summed E-state index contributed by atoms with van der Waals surface area (Å²) in [6.07, 6.45) is 3.43. The molecule has 0 spiro atoms. The van der Waals surface area contributed by atoms with Crippen LogP contribution < -0.4 is 0 Å². The van der Waals surface area contributed by atoms with Crippen molar-refractivity contribution in [2.75, 3.05) is 13.2 Å². The van der Waals surface area contributed by atoms with Crippen LogP contribution in [0.2, 0.25) is 0 Å². The molecular formula is C11H16O3. The van der Waals surface area contributed by atoms with Crippen molar-refractivity contribution in [3.05, 3.63) is 11.6 Å². The van der Waals surface area contributed by atoms with Crippen molar-refractivity contribution in [2.24, 2.45) is 5.92 Å². The number of allylic oxidation sites excluding steroid dienone is 2. The van der Waals surface area contributed by atoms with E-state index < -0.39 is 5.79 Å². The molecule has 0 aromatic rings. The van der Waals surface area contributed by atoms with Gasteiger partial charge in [-0.05, 0) is 25.8 Å². The summed E-state index contributed by atoms with van der Waals surface area (Å²) in [5.74, 6) is -0.130. The largest absolute Gasteiger partial charge is 0.348 e. The first kappa shape index (κ1) is 9.87. The third kappa shape index (κ3) is 1.62. The molecule has 14 heavy (non-hydrogen) atoms. The molecule has 3 heteroatoms. The van der Waals surface area contributed by atoms with Gasteiger partial charge in [0.2, 0.25) is 0 Å². The molecule has 1 saturated heterocycles. The number of rotatable bonds is 1. The second-order valence-corrected chi connectivity index (χ2v) is 4.16. The molecule has 2 aliphatic rings. The first-order valence-electron chi connectivity index (χ1n) is 5.10. The minimum atomic E-state index is -0.535. The van der Waals surface area contributed by atoms with E-state index in [-0.39, 0.29) is 11.7 Å². The van der Waals surface area contributed by atoms with Crippen LogP contribution in [-0.4, -0.2) is 24.8 Å². The van der Waals surface area contributed by atoms with Gasteiger partial charge in [-0.1, -0.05) is 6.08 Å². The van der Waals surface area contributed by atoms with E-state index in [0.717, 1.165) is 12.0 Å². The van der Waals surface area contributed by atoms with E-state index in [0.29, 0.717) is 19.6 Å². The van der Waals surface area contributed by atoms with Gasteiger partial charge in [-0.3, -0.25) is 4.79 Å². The van der Waals surface area contributed by atoms with Crippen molar-refractivity contribution in [3.63, 3.8) is 0 Å². The zero-order valence-electron chi connectivity index (χ0n) is 8.71. The molecule has 0 unspecified atom stereocenters. The van der Waals surface area contributed by atoms with Gasteiger partial charge >= 0.3 is 0 Å². The SMILES string of the molecule is CC1=CC[C@@H](C2(C)OCCO2)CC1=O. The molecule has 2 rings (SSSR count). The van der Waals surface area contributed by atoms with Crippen LogP contribution in [-0.2, 0) is 14.3 Å².